The molecule has 1 amide bonds. The number of nitrogens with zero attached hydrogens (tertiary/aromatic N) is 3. The van der Waals surface area contributed by atoms with E-state index in [-0.39, 0.29) is 17.2 Å². The van der Waals surface area contributed by atoms with Crippen LogP contribution in [-0.2, 0) is 0 Å². The minimum Gasteiger partial charge on any atom is -0.323 e. The van der Waals surface area contributed by atoms with E-state index in [1.807, 2.05) is 22.6 Å². The van der Waals surface area contributed by atoms with Crippen LogP contribution in [0.1, 0.15) is 23.2 Å². The van der Waals surface area contributed by atoms with Crippen LogP contribution in [0.2, 0.25) is 0 Å². The Morgan fingerprint density at radius 3 is 2.95 bits per heavy atom. The van der Waals surface area contributed by atoms with E-state index < -0.39 is 11.0 Å². The van der Waals surface area contributed by atoms with E-state index in [2.05, 4.69) is 6.07 Å². The van der Waals surface area contributed by atoms with Crippen molar-refractivity contribution in [1.29, 1.82) is 5.26 Å². The zero-order valence-electron chi connectivity index (χ0n) is 9.88. The molecule has 1 aromatic rings. The van der Waals surface area contributed by atoms with E-state index in [0.29, 0.717) is 16.5 Å². The number of benzene rings is 1. The molecule has 1 atom stereocenters. The van der Waals surface area contributed by atoms with E-state index >= 15 is 0 Å². The third kappa shape index (κ3) is 2.68. The van der Waals surface area contributed by atoms with Gasteiger partial charge in [0.05, 0.1) is 16.6 Å². The molecule has 19 heavy (non-hydrogen) atoms. The average Bonchev–Trinajstić information content (AvgIpc) is 2.86. The monoisotopic (exact) mass is 371 g/mol. The van der Waals surface area contributed by atoms with Gasteiger partial charge in [-0.2, -0.15) is 5.26 Å². The molecule has 6 nitrogen and oxygen atoms in total. The van der Waals surface area contributed by atoms with Crippen LogP contribution in [0.3, 0.4) is 0 Å². The van der Waals surface area contributed by atoms with Gasteiger partial charge in [-0.25, -0.2) is 0 Å². The summed E-state index contributed by atoms with van der Waals surface area (Å²) in [6, 6.07) is 5.85. The molecule has 1 heterocycles. The Balaban J connectivity index is 2.36. The van der Waals surface area contributed by atoms with Crippen molar-refractivity contribution in [2.75, 3.05) is 6.54 Å². The van der Waals surface area contributed by atoms with E-state index in [1.165, 1.54) is 17.0 Å². The standard InChI is InChI=1S/C12H10IN3O3/c13-11-4-3-8(16(18)19)6-10(11)12(17)15-5-1-2-9(15)7-14/h3-4,6,9H,1-2,5H2. The molecule has 0 bridgehead atoms. The Morgan fingerprint density at radius 1 is 1.58 bits per heavy atom. The first kappa shape index (κ1) is 13.7. The van der Waals surface area contributed by atoms with Crippen molar-refractivity contribution in [2.45, 2.75) is 18.9 Å². The van der Waals surface area contributed by atoms with Gasteiger partial charge in [0.1, 0.15) is 6.04 Å². The smallest absolute Gasteiger partial charge is 0.270 e. The maximum absolute atomic E-state index is 12.4. The van der Waals surface area contributed by atoms with Gasteiger partial charge in [0.15, 0.2) is 0 Å². The summed E-state index contributed by atoms with van der Waals surface area (Å²) in [7, 11) is 0. The molecular formula is C12H10IN3O3. The normalized spacial score (nSPS) is 18.1. The predicted octanol–water partition coefficient (Wildman–Crippen LogP) is 2.33. The summed E-state index contributed by atoms with van der Waals surface area (Å²) >= 11 is 1.97. The number of nitriles is 1. The van der Waals surface area contributed by atoms with Crippen LogP contribution in [0, 0.1) is 25.0 Å². The number of carbonyl (C=O) groups excluding carboxylic acids is 1. The van der Waals surface area contributed by atoms with Gasteiger partial charge in [-0.05, 0) is 41.5 Å². The van der Waals surface area contributed by atoms with Crippen LogP contribution >= 0.6 is 22.6 Å². The van der Waals surface area contributed by atoms with Gasteiger partial charge >= 0.3 is 0 Å². The van der Waals surface area contributed by atoms with Gasteiger partial charge < -0.3 is 4.90 Å². The fourth-order valence-corrected chi connectivity index (χ4v) is 2.66. The van der Waals surface area contributed by atoms with E-state index in [9.17, 15) is 14.9 Å². The molecule has 1 fully saturated rings. The molecule has 1 aliphatic heterocycles. The summed E-state index contributed by atoms with van der Waals surface area (Å²) in [5, 5.41) is 19.7. The summed E-state index contributed by atoms with van der Waals surface area (Å²) in [5.74, 6) is -0.308. The highest BCUT2D eigenvalue weighted by atomic mass is 127. The molecule has 2 rings (SSSR count). The van der Waals surface area contributed by atoms with E-state index in [0.717, 1.165) is 6.42 Å². The molecule has 0 radical (unpaired) electrons. The number of amides is 1. The van der Waals surface area contributed by atoms with Gasteiger partial charge in [0.25, 0.3) is 11.6 Å². The molecule has 0 aliphatic carbocycles. The van der Waals surface area contributed by atoms with Crippen LogP contribution in [0.5, 0.6) is 0 Å². The van der Waals surface area contributed by atoms with Crippen molar-refractivity contribution in [3.8, 4) is 6.07 Å². The SMILES string of the molecule is N#CC1CCCN1C(=O)c1cc([N+](=O)[O-])ccc1I. The predicted molar refractivity (Wildman–Crippen MR) is 75.5 cm³/mol. The quantitative estimate of drug-likeness (QED) is 0.454. The van der Waals surface area contributed by atoms with E-state index in [1.54, 1.807) is 6.07 Å². The molecule has 0 aromatic heterocycles. The fraction of sp³-hybridized carbons (Fsp3) is 0.333. The minimum absolute atomic E-state index is 0.114. The molecular weight excluding hydrogens is 361 g/mol. The number of carbonyl (C=O) groups is 1. The number of non-ortho nitro benzene ring substituents is 1. The van der Waals surface area contributed by atoms with Crippen molar-refractivity contribution < 1.29 is 9.72 Å². The lowest BCUT2D eigenvalue weighted by atomic mass is 10.1. The lowest BCUT2D eigenvalue weighted by molar-refractivity contribution is -0.384. The number of hydrogen-bond acceptors (Lipinski definition) is 4. The van der Waals surface area contributed by atoms with Crippen LogP contribution < -0.4 is 0 Å². The minimum atomic E-state index is -0.529. The zero-order valence-corrected chi connectivity index (χ0v) is 12.0. The first-order valence-electron chi connectivity index (χ1n) is 5.69. The highest BCUT2D eigenvalue weighted by Gasteiger charge is 2.30. The van der Waals surface area contributed by atoms with Gasteiger partial charge in [0.2, 0.25) is 0 Å². The number of rotatable bonds is 2. The van der Waals surface area contributed by atoms with Gasteiger partial charge in [0, 0.05) is 22.2 Å². The van der Waals surface area contributed by atoms with Crippen molar-refractivity contribution in [1.82, 2.24) is 4.90 Å². The molecule has 0 N–H and O–H groups in total. The number of hydrogen-bond donors (Lipinski definition) is 0. The van der Waals surface area contributed by atoms with Crippen molar-refractivity contribution in [3.05, 3.63) is 37.4 Å². The molecule has 0 spiro atoms. The summed E-state index contributed by atoms with van der Waals surface area (Å²) in [6.45, 7) is 0.524. The summed E-state index contributed by atoms with van der Waals surface area (Å²) in [5.41, 5.74) is 0.174. The summed E-state index contributed by atoms with van der Waals surface area (Å²) < 4.78 is 0.650. The van der Waals surface area contributed by atoms with Gasteiger partial charge in [-0.15, -0.1) is 0 Å². The van der Waals surface area contributed by atoms with Gasteiger partial charge in [-0.3, -0.25) is 14.9 Å². The van der Waals surface area contributed by atoms with E-state index in [4.69, 9.17) is 5.26 Å². The van der Waals surface area contributed by atoms with Crippen LogP contribution in [0.4, 0.5) is 5.69 Å². The molecule has 0 saturated carbocycles. The van der Waals surface area contributed by atoms with Gasteiger partial charge in [-0.1, -0.05) is 0 Å². The maximum atomic E-state index is 12.4. The molecule has 1 saturated heterocycles. The molecule has 98 valence electrons. The maximum Gasteiger partial charge on any atom is 0.270 e. The van der Waals surface area contributed by atoms with Crippen molar-refractivity contribution in [3.63, 3.8) is 0 Å². The molecule has 1 unspecified atom stereocenters. The first-order chi connectivity index (χ1) is 9.04. The average molecular weight is 371 g/mol. The first-order valence-corrected chi connectivity index (χ1v) is 6.77. The highest BCUT2D eigenvalue weighted by molar-refractivity contribution is 14.1. The van der Waals surface area contributed by atoms with Crippen molar-refractivity contribution in [2.24, 2.45) is 0 Å². The summed E-state index contributed by atoms with van der Waals surface area (Å²) in [4.78, 5) is 24.1. The van der Waals surface area contributed by atoms with Crippen LogP contribution in [0.15, 0.2) is 18.2 Å². The number of nitro groups is 1. The molecule has 1 aromatic carbocycles. The zero-order chi connectivity index (χ0) is 14.0. The topological polar surface area (TPSA) is 87.2 Å². The Bertz CT molecular complexity index is 582. The highest BCUT2D eigenvalue weighted by Crippen LogP contribution is 2.25. The van der Waals surface area contributed by atoms with Crippen LogP contribution in [0.25, 0.3) is 0 Å². The second kappa shape index (κ2) is 5.52. The fourth-order valence-electron chi connectivity index (χ4n) is 2.09. The largest absolute Gasteiger partial charge is 0.323 e. The number of halogens is 1. The Hall–Kier alpha value is -1.69. The Kier molecular flexibility index (Phi) is 3.99. The molecule has 7 heteroatoms. The number of nitro benzene ring substituents is 1. The Morgan fingerprint density at radius 2 is 2.32 bits per heavy atom. The third-order valence-corrected chi connectivity index (χ3v) is 3.99. The second-order valence-corrected chi connectivity index (χ2v) is 5.37. The lowest BCUT2D eigenvalue weighted by Crippen LogP contribution is -2.35. The summed E-state index contributed by atoms with van der Waals surface area (Å²) in [6.07, 6.45) is 1.45. The van der Waals surface area contributed by atoms with Crippen molar-refractivity contribution >= 4 is 34.2 Å². The molecule has 1 aliphatic rings. The number of likely N-dealkylation sites (tertiary alicyclic amines) is 1. The third-order valence-electron chi connectivity index (χ3n) is 3.05. The lowest BCUT2D eigenvalue weighted by Gasteiger charge is -2.20. The Labute approximate surface area is 123 Å². The second-order valence-electron chi connectivity index (χ2n) is 4.21. The van der Waals surface area contributed by atoms with Crippen LogP contribution in [-0.4, -0.2) is 28.3 Å².